The number of hydrogen-bond acceptors (Lipinski definition) is 26. The molecule has 12 rings (SSSR count). The van der Waals surface area contributed by atoms with Crippen LogP contribution in [0.1, 0.15) is 124 Å². The number of carbonyl (C=O) groups is 6. The minimum Gasteiger partial charge on any atom is -0.490 e. The molecule has 3 atom stereocenters. The van der Waals surface area contributed by atoms with Gasteiger partial charge in [-0.3, -0.25) is 24.0 Å². The summed E-state index contributed by atoms with van der Waals surface area (Å²) >= 11 is 36.8. The zero-order valence-electron chi connectivity index (χ0n) is 66.3. The van der Waals surface area contributed by atoms with Crippen molar-refractivity contribution in [2.75, 3.05) is 112 Å². The Balaban J connectivity index is 0.000000200. The first-order chi connectivity index (χ1) is 59.3. The van der Waals surface area contributed by atoms with Gasteiger partial charge in [-0.15, -0.1) is 42.2 Å². The molecule has 3 aromatic heterocycles. The van der Waals surface area contributed by atoms with Crippen LogP contribution in [0.5, 0.6) is 17.2 Å². The predicted molar refractivity (Wildman–Crippen MR) is 468 cm³/mol. The van der Waals surface area contributed by atoms with E-state index in [4.69, 9.17) is 116 Å². The van der Waals surface area contributed by atoms with E-state index < -0.39 is 66.3 Å². The first-order valence-corrected chi connectivity index (χ1v) is 40.2. The fourth-order valence-corrected chi connectivity index (χ4v) is 14.1. The molecule has 32 nitrogen and oxygen atoms in total. The van der Waals surface area contributed by atoms with Crippen LogP contribution in [-0.2, 0) is 0 Å². The highest BCUT2D eigenvalue weighted by molar-refractivity contribution is 6.50. The summed E-state index contributed by atoms with van der Waals surface area (Å²) in [7, 11) is 1.47. The van der Waals surface area contributed by atoms with Crippen molar-refractivity contribution < 1.29 is 81.5 Å². The van der Waals surface area contributed by atoms with Crippen molar-refractivity contribution in [3.63, 3.8) is 0 Å². The third-order valence-corrected chi connectivity index (χ3v) is 20.9. The van der Waals surface area contributed by atoms with Crippen LogP contribution in [0.3, 0.4) is 0 Å². The van der Waals surface area contributed by atoms with Gasteiger partial charge in [-0.25, -0.2) is 18.0 Å². The van der Waals surface area contributed by atoms with E-state index in [0.717, 1.165) is 84.0 Å². The Hall–Kier alpha value is -11.6. The molecule has 0 spiro atoms. The van der Waals surface area contributed by atoms with E-state index in [9.17, 15) is 52.0 Å². The highest BCUT2D eigenvalue weighted by Crippen LogP contribution is 2.40. The maximum Gasteiger partial charge on any atom is 0.376 e. The molecule has 16 N–H and O–H groups in total. The summed E-state index contributed by atoms with van der Waals surface area (Å²) in [5, 5.41) is 82.4. The molecule has 2 radical (unpaired) electrons. The highest BCUT2D eigenvalue weighted by Gasteiger charge is 2.31. The number of halogens is 9. The lowest BCUT2D eigenvalue weighted by atomic mass is 9.69. The average molecular weight is 1820 g/mol. The smallest absolute Gasteiger partial charge is 0.376 e. The fourth-order valence-electron chi connectivity index (χ4n) is 12.2. The number of amides is 5. The van der Waals surface area contributed by atoms with Crippen molar-refractivity contribution in [2.45, 2.75) is 57.9 Å². The molecule has 0 bridgehead atoms. The number of nitrogens with zero attached hydrogens (tertiary/aromatic N) is 10. The Kier molecular flexibility index (Phi) is 36.3. The van der Waals surface area contributed by atoms with Gasteiger partial charge >= 0.3 is 20.1 Å². The minimum atomic E-state index is -1.21. The number of aliphatic hydroxyl groups is 2. The monoisotopic (exact) mass is 1810 g/mol. The fraction of sp³-hybridized carbons (Fsp3) is 0.266. The summed E-state index contributed by atoms with van der Waals surface area (Å²) in [6, 6.07) is 26.9. The van der Waals surface area contributed by atoms with Crippen molar-refractivity contribution in [1.29, 1.82) is 0 Å². The first kappa shape index (κ1) is 96.3. The molecule has 45 heteroatoms. The van der Waals surface area contributed by atoms with Gasteiger partial charge < -0.3 is 103 Å². The molecular formula is C79H79B4Cl6F3N18O14. The van der Waals surface area contributed by atoms with Gasteiger partial charge in [-0.1, -0.05) is 69.6 Å². The van der Waals surface area contributed by atoms with Gasteiger partial charge in [0.15, 0.2) is 51.8 Å². The van der Waals surface area contributed by atoms with E-state index in [1.54, 1.807) is 79.4 Å². The number of anilines is 6. The number of hydrogen-bond donors (Lipinski definition) is 13. The summed E-state index contributed by atoms with van der Waals surface area (Å²) in [6.45, 7) is 14.5. The summed E-state index contributed by atoms with van der Waals surface area (Å²) in [5.74, 6) is -1.50. The normalized spacial score (nSPS) is 14.0. The number of aromatic nitrogens is 6. The largest absolute Gasteiger partial charge is 0.490 e. The number of aliphatic hydroxyl groups excluding tert-OH is 2. The van der Waals surface area contributed by atoms with Gasteiger partial charge in [0.2, 0.25) is 0 Å². The Bertz CT molecular complexity index is 5420. The number of carboxylic acids is 1. The number of aromatic carboxylic acids is 1. The Labute approximate surface area is 742 Å². The number of benzene rings is 6. The summed E-state index contributed by atoms with van der Waals surface area (Å²) in [5.41, 5.74) is 19.6. The van der Waals surface area contributed by atoms with Crippen molar-refractivity contribution in [2.24, 2.45) is 0 Å². The second kappa shape index (κ2) is 46.8. The lowest BCUT2D eigenvalue weighted by Gasteiger charge is -2.22. The van der Waals surface area contributed by atoms with Gasteiger partial charge in [0.1, 0.15) is 35.6 Å². The topological polar surface area (TPSA) is 460 Å². The second-order valence-electron chi connectivity index (χ2n) is 27.3. The summed E-state index contributed by atoms with van der Waals surface area (Å²) < 4.78 is 59.5. The Morgan fingerprint density at radius 1 is 0.460 bits per heavy atom. The molecular weight excluding hydrogens is 1740 g/mol. The molecule has 3 aliphatic heterocycles. The van der Waals surface area contributed by atoms with E-state index >= 15 is 0 Å². The number of nitrogens with two attached hydrogens (primary N) is 3. The molecule has 3 saturated heterocycles. The van der Waals surface area contributed by atoms with Gasteiger partial charge in [0.05, 0.1) is 32.8 Å². The molecule has 0 unspecified atom stereocenters. The van der Waals surface area contributed by atoms with Crippen molar-refractivity contribution in [3.8, 4) is 41.1 Å². The quantitative estimate of drug-likeness (QED) is 0.0170. The molecule has 124 heavy (non-hydrogen) atoms. The van der Waals surface area contributed by atoms with Crippen LogP contribution < -0.4 is 58.0 Å². The molecule has 9 aromatic rings. The van der Waals surface area contributed by atoms with E-state index in [2.05, 4.69) is 73.6 Å². The van der Waals surface area contributed by atoms with E-state index in [1.807, 2.05) is 16.5 Å². The van der Waals surface area contributed by atoms with Crippen LogP contribution in [0.25, 0.3) is 0 Å². The lowest BCUT2D eigenvalue weighted by Crippen LogP contribution is -2.40. The average Bonchev–Trinajstić information content (AvgIpc) is 1.61. The molecule has 0 aliphatic carbocycles. The molecule has 644 valence electrons. The van der Waals surface area contributed by atoms with E-state index in [-0.39, 0.29) is 123 Å². The highest BCUT2D eigenvalue weighted by atomic mass is 35.5. The van der Waals surface area contributed by atoms with Crippen molar-refractivity contribution in [1.82, 2.24) is 60.6 Å². The zero-order chi connectivity index (χ0) is 89.8. The Morgan fingerprint density at radius 2 is 0.806 bits per heavy atom. The molecule has 5 amide bonds. The van der Waals surface area contributed by atoms with E-state index in [0.29, 0.717) is 67.5 Å². The van der Waals surface area contributed by atoms with Crippen LogP contribution in [0.4, 0.5) is 47.7 Å². The molecule has 6 heterocycles. The van der Waals surface area contributed by atoms with Crippen LogP contribution in [0, 0.1) is 41.3 Å². The van der Waals surface area contributed by atoms with Crippen molar-refractivity contribution >= 4 is 168 Å². The number of carbonyl (C=O) groups excluding carboxylic acids is 5. The summed E-state index contributed by atoms with van der Waals surface area (Å²) in [4.78, 5) is 82.7. The summed E-state index contributed by atoms with van der Waals surface area (Å²) in [6.07, 6.45) is 5.34. The third kappa shape index (κ3) is 27.0. The first-order valence-electron chi connectivity index (χ1n) is 37.9. The number of ether oxygens (including phenoxy) is 3. The molecule has 3 aliphatic rings. The number of nitrogens with one attached hydrogen (secondary N) is 5. The zero-order valence-corrected chi connectivity index (χ0v) is 70.8. The standard InChI is InChI=1S/C27H26B2Cl2FN6O5.C25H25Cl2FN6O3.C21H13BCl2FN4O5.C6H15BN2O/c1-29(42)38-11-2-10-37(12-13-38)27(41)16-3-5-17(6-4-16)34-26(40)20-15-21(25(33)36-35-20)43-24(28-9-14-39)22-18(30)7-8-19(32)23(22)31;1-14(21-17(26)7-8-18(28)22(21)27)37-20-13-19(32-33-23(20)29)24(35)31-16-5-3-15(4-6-16)25(36)34-11-2-9-30-10-12-34;23-12-5-6-13(25)17(24)16(12)18(22-7-8-30)34-15-9-14(28-29-19(15)26)20(31)27-11-3-1-10(2-4-11)21(32)33;1-7(10)9-5-2-3-8-4-6-9/h3-8,15,24,39,42H,2,10-13H2,1H3,(H2,33,36)(H,34,40);3-8,13-14,30H,2,9-12H2,1H3,(H2,29,33)(H,31,35);1-6,9,18,30H,(H2,26,29)(H,27,31)(H,32,33);8,10H,2-6H2,1H3/t24-;14-;18-;/m010./s1. The molecule has 3 fully saturated rings. The Morgan fingerprint density at radius 3 is 1.21 bits per heavy atom. The maximum absolute atomic E-state index is 14.2. The number of carboxylic acid groups (broad SMARTS) is 1. The minimum absolute atomic E-state index is 0.00631. The van der Waals surface area contributed by atoms with Gasteiger partial charge in [-0.2, -0.15) is 0 Å². The van der Waals surface area contributed by atoms with Crippen LogP contribution >= 0.6 is 69.6 Å². The lowest BCUT2D eigenvalue weighted by molar-refractivity contribution is 0.0694. The molecule has 6 aromatic carbocycles. The van der Waals surface area contributed by atoms with Crippen LogP contribution in [0.2, 0.25) is 43.8 Å². The van der Waals surface area contributed by atoms with Gasteiger partial charge in [0, 0.05) is 131 Å². The third-order valence-electron chi connectivity index (χ3n) is 18.7. The number of rotatable bonds is 22. The van der Waals surface area contributed by atoms with Crippen LogP contribution in [0.15, 0.2) is 127 Å². The maximum atomic E-state index is 14.2. The van der Waals surface area contributed by atoms with Crippen LogP contribution in [-0.4, -0.2) is 218 Å². The van der Waals surface area contributed by atoms with E-state index in [1.165, 1.54) is 67.9 Å². The predicted octanol–water partition coefficient (Wildman–Crippen LogP) is 10.3. The van der Waals surface area contributed by atoms with Gasteiger partial charge in [-0.05, 0) is 175 Å². The number of nitrogen functional groups attached to an aromatic ring is 3. The molecule has 0 saturated carbocycles. The van der Waals surface area contributed by atoms with Crippen molar-refractivity contribution in [3.05, 3.63) is 225 Å². The SMILES string of the molecule is CB(O)N1CCCN(C(=O)c2ccc(NC(=O)c3cc(O[C@H]([B]C#CO)c4c(Cl)ccc(F)c4Cl)c(N)nn3)cc2)CC1.CB(O)N1CCCNCC1.C[C@@H](Oc1cc(C(=O)Nc2ccc(C(=O)N3CCCNCC3)cc2)nnc1N)c1c(Cl)ccc(F)c1Cl.Nc1nnc(C(=O)Nc2ccc(C(=O)O)cc2)cc1O[C@H]([B]C#CO)c1c(Cl)ccc(F)c1Cl. The second-order valence-corrected chi connectivity index (χ2v) is 29.6. The van der Waals surface area contributed by atoms with Gasteiger partial charge in [0.25, 0.3) is 44.1 Å².